The fraction of sp³-hybridized carbons (Fsp3) is 0.417. The van der Waals surface area contributed by atoms with Crippen molar-refractivity contribution in [1.29, 1.82) is 0 Å². The average molecular weight is 470 g/mol. The molecule has 0 aromatic rings. The van der Waals surface area contributed by atoms with Crippen molar-refractivity contribution in [3.8, 4) is 0 Å². The van der Waals surface area contributed by atoms with Gasteiger partial charge in [-0.05, 0) is 37.0 Å². The summed E-state index contributed by atoms with van der Waals surface area (Å²) in [5.74, 6) is 0.411. The van der Waals surface area contributed by atoms with Gasteiger partial charge in [0.05, 0.1) is 26.7 Å². The van der Waals surface area contributed by atoms with E-state index in [0.717, 1.165) is 18.4 Å². The lowest BCUT2D eigenvalue weighted by atomic mass is 9.91. The van der Waals surface area contributed by atoms with Crippen molar-refractivity contribution in [2.24, 2.45) is 21.8 Å². The first-order chi connectivity index (χ1) is 16.5. The summed E-state index contributed by atoms with van der Waals surface area (Å²) in [6, 6.07) is 0. The number of amides is 2. The van der Waals surface area contributed by atoms with Crippen LogP contribution in [0.5, 0.6) is 0 Å². The third-order valence-corrected chi connectivity index (χ3v) is 5.51. The Bertz CT molecular complexity index is 990. The van der Waals surface area contributed by atoms with E-state index < -0.39 is 11.8 Å². The molecule has 182 valence electrons. The van der Waals surface area contributed by atoms with Gasteiger partial charge < -0.3 is 20.1 Å². The molecule has 2 amide bonds. The Morgan fingerprint density at radius 2 is 2.00 bits per heavy atom. The number of carbonyl (C=O) groups is 2. The average Bonchev–Trinajstić information content (AvgIpc) is 2.89. The molecule has 0 fully saturated rings. The third kappa shape index (κ3) is 6.67. The van der Waals surface area contributed by atoms with E-state index in [0.29, 0.717) is 42.6 Å². The Hall–Kier alpha value is -3.66. The highest BCUT2D eigenvalue weighted by molar-refractivity contribution is 6.00. The van der Waals surface area contributed by atoms with Gasteiger partial charge in [0, 0.05) is 30.8 Å². The second kappa shape index (κ2) is 12.5. The first-order valence-corrected chi connectivity index (χ1v) is 11.2. The van der Waals surface area contributed by atoms with Gasteiger partial charge in [0.2, 0.25) is 5.96 Å². The molecular formula is C24H31N5O5. The Kier molecular flexibility index (Phi) is 9.21. The molecule has 0 radical (unpaired) electrons. The maximum atomic E-state index is 13.1. The van der Waals surface area contributed by atoms with Crippen LogP contribution in [-0.4, -0.2) is 63.0 Å². The van der Waals surface area contributed by atoms with Gasteiger partial charge in [-0.2, -0.15) is 0 Å². The number of nitrogens with one attached hydrogen (secondary N) is 3. The number of rotatable bonds is 9. The van der Waals surface area contributed by atoms with Crippen LogP contribution >= 0.6 is 0 Å². The van der Waals surface area contributed by atoms with E-state index in [2.05, 4.69) is 32.8 Å². The highest BCUT2D eigenvalue weighted by atomic mass is 16.5. The minimum atomic E-state index is -0.595. The Balaban J connectivity index is 1.59. The number of carbonyl (C=O) groups excluding carboxylic acids is 2. The molecule has 2 aliphatic carbocycles. The first-order valence-electron chi connectivity index (χ1n) is 11.2. The van der Waals surface area contributed by atoms with Crippen molar-refractivity contribution in [1.82, 2.24) is 16.1 Å². The molecular weight excluding hydrogens is 438 g/mol. The van der Waals surface area contributed by atoms with E-state index in [9.17, 15) is 9.59 Å². The molecule has 0 spiro atoms. The van der Waals surface area contributed by atoms with Gasteiger partial charge in [-0.25, -0.2) is 10.5 Å². The summed E-state index contributed by atoms with van der Waals surface area (Å²) >= 11 is 0. The summed E-state index contributed by atoms with van der Waals surface area (Å²) in [7, 11) is 3.20. The number of hydrogen-bond acceptors (Lipinski definition) is 8. The van der Waals surface area contributed by atoms with Crippen molar-refractivity contribution in [3.05, 3.63) is 59.1 Å². The minimum Gasteiger partial charge on any atom is -0.493 e. The third-order valence-electron chi connectivity index (χ3n) is 5.51. The maximum Gasteiger partial charge on any atom is 0.253 e. The van der Waals surface area contributed by atoms with Gasteiger partial charge in [0.15, 0.2) is 11.5 Å². The molecule has 10 nitrogen and oxygen atoms in total. The standard InChI is InChI=1S/C24H31N5O5/c1-33-20-9-8-16(13-21(20)34-2)12-19(17-6-4-3-5-7-17)23(31)25-10-11-26-24-27-14-18(15-28-24)22(30)29-32/h4,6-7,9,12-14,16,18,32H,3,5,8,10-11,15H2,1-2H3,(H,25,31)(H,26,28)(H,29,30). The van der Waals surface area contributed by atoms with Gasteiger partial charge in [-0.15, -0.1) is 0 Å². The molecule has 0 saturated heterocycles. The SMILES string of the molecule is COC1=CCC(C=C(C(=O)NCCNC2=NCC(C(=O)NO)C=N2)C2=CCCC=C2)C=C1OC. The molecule has 0 aromatic carbocycles. The van der Waals surface area contributed by atoms with Crippen LogP contribution in [0.2, 0.25) is 0 Å². The lowest BCUT2D eigenvalue weighted by Crippen LogP contribution is -2.38. The molecule has 2 atom stereocenters. The smallest absolute Gasteiger partial charge is 0.253 e. The second-order valence-electron chi connectivity index (χ2n) is 7.83. The molecule has 1 aliphatic heterocycles. The first kappa shape index (κ1) is 25.0. The number of methoxy groups -OCH3 is 2. The predicted molar refractivity (Wildman–Crippen MR) is 128 cm³/mol. The van der Waals surface area contributed by atoms with Crippen LogP contribution in [0.4, 0.5) is 0 Å². The number of guanidine groups is 1. The van der Waals surface area contributed by atoms with Crippen LogP contribution in [0.3, 0.4) is 0 Å². The number of nitrogens with zero attached hydrogens (tertiary/aromatic N) is 2. The van der Waals surface area contributed by atoms with Crippen LogP contribution in [0.15, 0.2) is 69.1 Å². The van der Waals surface area contributed by atoms with Gasteiger partial charge in [-0.3, -0.25) is 19.8 Å². The van der Waals surface area contributed by atoms with Gasteiger partial charge in [0.25, 0.3) is 11.8 Å². The molecule has 0 bridgehead atoms. The summed E-state index contributed by atoms with van der Waals surface area (Å²) in [6.45, 7) is 0.966. The van der Waals surface area contributed by atoms with Crippen molar-refractivity contribution in [2.75, 3.05) is 33.9 Å². The van der Waals surface area contributed by atoms with Gasteiger partial charge in [0.1, 0.15) is 0 Å². The van der Waals surface area contributed by atoms with E-state index in [1.165, 1.54) is 6.21 Å². The molecule has 34 heavy (non-hydrogen) atoms. The van der Waals surface area contributed by atoms with Crippen LogP contribution in [0.25, 0.3) is 0 Å². The summed E-state index contributed by atoms with van der Waals surface area (Å²) < 4.78 is 10.8. The highest BCUT2D eigenvalue weighted by Gasteiger charge is 2.21. The Labute approximate surface area is 198 Å². The van der Waals surface area contributed by atoms with Crippen LogP contribution in [-0.2, 0) is 19.1 Å². The van der Waals surface area contributed by atoms with Crippen molar-refractivity contribution >= 4 is 24.0 Å². The normalized spacial score (nSPS) is 22.0. The Morgan fingerprint density at radius 1 is 1.18 bits per heavy atom. The molecule has 3 aliphatic rings. The summed E-state index contributed by atoms with van der Waals surface area (Å²) in [5, 5.41) is 14.6. The molecule has 1 heterocycles. The number of aliphatic imine (C=N–C) groups is 2. The summed E-state index contributed by atoms with van der Waals surface area (Å²) in [6.07, 6.45) is 16.0. The van der Waals surface area contributed by atoms with Gasteiger partial charge >= 0.3 is 0 Å². The van der Waals surface area contributed by atoms with Crippen LogP contribution in [0, 0.1) is 11.8 Å². The zero-order valence-electron chi connectivity index (χ0n) is 19.4. The fourth-order valence-corrected chi connectivity index (χ4v) is 3.70. The van der Waals surface area contributed by atoms with Crippen LogP contribution < -0.4 is 16.1 Å². The maximum absolute atomic E-state index is 13.1. The topological polar surface area (TPSA) is 134 Å². The predicted octanol–water partition coefficient (Wildman–Crippen LogP) is 1.54. The zero-order valence-corrected chi connectivity index (χ0v) is 19.4. The van der Waals surface area contributed by atoms with E-state index in [1.807, 2.05) is 24.3 Å². The van der Waals surface area contributed by atoms with Gasteiger partial charge in [-0.1, -0.05) is 24.3 Å². The number of allylic oxidation sites excluding steroid dienone is 6. The lowest BCUT2D eigenvalue weighted by Gasteiger charge is -2.20. The molecule has 0 aromatic heterocycles. The summed E-state index contributed by atoms with van der Waals surface area (Å²) in [5.41, 5.74) is 3.11. The second-order valence-corrected chi connectivity index (χ2v) is 7.83. The molecule has 2 unspecified atom stereocenters. The number of ether oxygens (including phenoxy) is 2. The molecule has 0 saturated carbocycles. The number of hydroxylamine groups is 1. The quantitative estimate of drug-likeness (QED) is 0.175. The molecule has 3 rings (SSSR count). The minimum absolute atomic E-state index is 0.000972. The lowest BCUT2D eigenvalue weighted by molar-refractivity contribution is -0.130. The van der Waals surface area contributed by atoms with Crippen molar-refractivity contribution < 1.29 is 24.3 Å². The van der Waals surface area contributed by atoms with E-state index in [4.69, 9.17) is 14.7 Å². The van der Waals surface area contributed by atoms with Crippen LogP contribution in [0.1, 0.15) is 19.3 Å². The Morgan fingerprint density at radius 3 is 2.65 bits per heavy atom. The fourth-order valence-electron chi connectivity index (χ4n) is 3.70. The summed E-state index contributed by atoms with van der Waals surface area (Å²) in [4.78, 5) is 32.7. The molecule has 10 heteroatoms. The monoisotopic (exact) mass is 469 g/mol. The van der Waals surface area contributed by atoms with E-state index in [1.54, 1.807) is 19.7 Å². The van der Waals surface area contributed by atoms with E-state index >= 15 is 0 Å². The molecule has 4 N–H and O–H groups in total. The number of hydrogen-bond donors (Lipinski definition) is 4. The van der Waals surface area contributed by atoms with Crippen molar-refractivity contribution in [3.63, 3.8) is 0 Å². The highest BCUT2D eigenvalue weighted by Crippen LogP contribution is 2.28. The van der Waals surface area contributed by atoms with Crippen molar-refractivity contribution in [2.45, 2.75) is 19.3 Å². The largest absolute Gasteiger partial charge is 0.493 e. The van der Waals surface area contributed by atoms with E-state index in [-0.39, 0.29) is 18.4 Å². The zero-order chi connectivity index (χ0) is 24.3.